The van der Waals surface area contributed by atoms with E-state index in [1.54, 1.807) is 6.08 Å². The van der Waals surface area contributed by atoms with Crippen molar-refractivity contribution in [1.82, 2.24) is 0 Å². The molecule has 1 atom stereocenters. The minimum atomic E-state index is -0.562. The van der Waals surface area contributed by atoms with E-state index >= 15 is 0 Å². The van der Waals surface area contributed by atoms with Crippen molar-refractivity contribution in [1.29, 1.82) is 0 Å². The van der Waals surface area contributed by atoms with Crippen LogP contribution in [0.2, 0.25) is 0 Å². The maximum Gasteiger partial charge on any atom is 0.323 e. The number of ether oxygens (including phenoxy) is 1. The Morgan fingerprint density at radius 3 is 2.82 bits per heavy atom. The molecule has 0 aliphatic heterocycles. The molecule has 0 aliphatic rings. The van der Waals surface area contributed by atoms with Gasteiger partial charge in [0.25, 0.3) is 0 Å². The Hall–Kier alpha value is -0.210. The first kappa shape index (κ1) is 10.8. The fraction of sp³-hybridized carbons (Fsp3) is 0.571. The molecule has 64 valence electrons. The number of carbonyl (C=O) groups excluding carboxylic acids is 1. The first-order chi connectivity index (χ1) is 5.22. The molecule has 0 saturated carbocycles. The third-order valence-corrected chi connectivity index (χ3v) is 1.71. The van der Waals surface area contributed by atoms with E-state index in [4.69, 9.17) is 23.2 Å². The molecule has 0 aromatic carbocycles. The number of esters is 1. The minimum Gasteiger partial charge on any atom is -0.468 e. The Bertz CT molecular complexity index is 145. The number of rotatable bonds is 4. The van der Waals surface area contributed by atoms with Crippen molar-refractivity contribution < 1.29 is 9.53 Å². The fourth-order valence-electron chi connectivity index (χ4n) is 0.551. The first-order valence-electron chi connectivity index (χ1n) is 3.19. The average molecular weight is 197 g/mol. The summed E-state index contributed by atoms with van der Waals surface area (Å²) in [6, 6.07) is 0. The maximum absolute atomic E-state index is 10.7. The highest BCUT2D eigenvalue weighted by Gasteiger charge is 2.13. The Balaban J connectivity index is 3.51. The quantitative estimate of drug-likeness (QED) is 0.510. The molecule has 0 aromatic rings. The van der Waals surface area contributed by atoms with Gasteiger partial charge in [-0.25, -0.2) is 0 Å². The van der Waals surface area contributed by atoms with Crippen LogP contribution in [0.4, 0.5) is 0 Å². The van der Waals surface area contributed by atoms with Gasteiger partial charge in [-0.2, -0.15) is 0 Å². The molecular weight excluding hydrogens is 187 g/mol. The summed E-state index contributed by atoms with van der Waals surface area (Å²) in [6.07, 6.45) is 2.98. The van der Waals surface area contributed by atoms with E-state index in [0.29, 0.717) is 12.8 Å². The van der Waals surface area contributed by atoms with E-state index < -0.39 is 11.3 Å². The predicted molar refractivity (Wildman–Crippen MR) is 45.9 cm³/mol. The molecule has 0 radical (unpaired) electrons. The second-order valence-electron chi connectivity index (χ2n) is 1.93. The van der Waals surface area contributed by atoms with Crippen molar-refractivity contribution in [3.8, 4) is 0 Å². The standard InChI is InChI=1S/C7H10Cl2O2/c1-11-7(10)6(9)4-2-3-5-8/h3,5-6H,2,4H2,1H3/b5-3-. The molecule has 0 N–H and O–H groups in total. The summed E-state index contributed by atoms with van der Waals surface area (Å²) in [4.78, 5) is 10.7. The SMILES string of the molecule is COC(=O)C(Cl)CC/C=C\Cl. The van der Waals surface area contributed by atoms with Crippen LogP contribution in [0.25, 0.3) is 0 Å². The van der Waals surface area contributed by atoms with Gasteiger partial charge in [0.1, 0.15) is 5.38 Å². The van der Waals surface area contributed by atoms with Crippen LogP contribution >= 0.6 is 23.2 Å². The van der Waals surface area contributed by atoms with Crippen molar-refractivity contribution in [2.75, 3.05) is 7.11 Å². The van der Waals surface area contributed by atoms with Gasteiger partial charge < -0.3 is 4.74 Å². The van der Waals surface area contributed by atoms with Crippen molar-refractivity contribution in [2.24, 2.45) is 0 Å². The Morgan fingerprint density at radius 1 is 1.73 bits per heavy atom. The second-order valence-corrected chi connectivity index (χ2v) is 2.71. The van der Waals surface area contributed by atoms with Crippen LogP contribution in [0.3, 0.4) is 0 Å². The molecule has 0 heterocycles. The van der Waals surface area contributed by atoms with Gasteiger partial charge >= 0.3 is 5.97 Å². The maximum atomic E-state index is 10.7. The van der Waals surface area contributed by atoms with Crippen LogP contribution in [-0.2, 0) is 9.53 Å². The molecule has 0 aliphatic carbocycles. The van der Waals surface area contributed by atoms with E-state index in [1.807, 2.05) is 0 Å². The van der Waals surface area contributed by atoms with Crippen molar-refractivity contribution in [2.45, 2.75) is 18.2 Å². The summed E-state index contributed by atoms with van der Waals surface area (Å²) in [5.41, 5.74) is 1.40. The fourth-order valence-corrected chi connectivity index (χ4v) is 0.892. The zero-order chi connectivity index (χ0) is 8.69. The summed E-state index contributed by atoms with van der Waals surface area (Å²) in [5, 5.41) is -0.562. The lowest BCUT2D eigenvalue weighted by Crippen LogP contribution is -2.15. The molecule has 0 bridgehead atoms. The van der Waals surface area contributed by atoms with Gasteiger partial charge in [0, 0.05) is 5.54 Å². The van der Waals surface area contributed by atoms with Gasteiger partial charge in [0.15, 0.2) is 0 Å². The van der Waals surface area contributed by atoms with Crippen LogP contribution in [0.5, 0.6) is 0 Å². The molecular formula is C7H10Cl2O2. The smallest absolute Gasteiger partial charge is 0.323 e. The molecule has 1 unspecified atom stereocenters. The molecule has 0 fully saturated rings. The van der Waals surface area contributed by atoms with Crippen LogP contribution in [0, 0.1) is 0 Å². The molecule has 0 amide bonds. The number of alkyl halides is 1. The normalized spacial score (nSPS) is 13.4. The first-order valence-corrected chi connectivity index (χ1v) is 4.06. The lowest BCUT2D eigenvalue weighted by molar-refractivity contribution is -0.140. The topological polar surface area (TPSA) is 26.3 Å². The molecule has 0 spiro atoms. The molecule has 0 saturated heterocycles. The van der Waals surface area contributed by atoms with Crippen molar-refractivity contribution in [3.05, 3.63) is 11.6 Å². The molecule has 0 rings (SSSR count). The number of allylic oxidation sites excluding steroid dienone is 1. The van der Waals surface area contributed by atoms with E-state index in [2.05, 4.69) is 4.74 Å². The van der Waals surface area contributed by atoms with E-state index in [0.717, 1.165) is 0 Å². The Kier molecular flexibility index (Phi) is 6.37. The van der Waals surface area contributed by atoms with Gasteiger partial charge in [0.05, 0.1) is 7.11 Å². The van der Waals surface area contributed by atoms with Crippen LogP contribution in [-0.4, -0.2) is 18.5 Å². The third kappa shape index (κ3) is 5.10. The van der Waals surface area contributed by atoms with Crippen LogP contribution in [0.1, 0.15) is 12.8 Å². The predicted octanol–water partition coefficient (Wildman–Crippen LogP) is 2.30. The summed E-state index contributed by atoms with van der Waals surface area (Å²) >= 11 is 10.9. The highest BCUT2D eigenvalue weighted by atomic mass is 35.5. The van der Waals surface area contributed by atoms with Crippen LogP contribution < -0.4 is 0 Å². The second kappa shape index (κ2) is 6.50. The van der Waals surface area contributed by atoms with E-state index in [-0.39, 0.29) is 0 Å². The lowest BCUT2D eigenvalue weighted by atomic mass is 10.2. The summed E-state index contributed by atoms with van der Waals surface area (Å²) in [7, 11) is 1.31. The minimum absolute atomic E-state index is 0.394. The highest BCUT2D eigenvalue weighted by molar-refractivity contribution is 6.29. The number of halogens is 2. The highest BCUT2D eigenvalue weighted by Crippen LogP contribution is 2.07. The van der Waals surface area contributed by atoms with E-state index in [1.165, 1.54) is 12.6 Å². The van der Waals surface area contributed by atoms with Crippen molar-refractivity contribution in [3.63, 3.8) is 0 Å². The van der Waals surface area contributed by atoms with Crippen molar-refractivity contribution >= 4 is 29.2 Å². The van der Waals surface area contributed by atoms with Gasteiger partial charge in [-0.1, -0.05) is 17.7 Å². The number of hydrogen-bond acceptors (Lipinski definition) is 2. The third-order valence-electron chi connectivity index (χ3n) is 1.13. The van der Waals surface area contributed by atoms with E-state index in [9.17, 15) is 4.79 Å². The average Bonchev–Trinajstić information content (AvgIpc) is 2.03. The van der Waals surface area contributed by atoms with Gasteiger partial charge in [-0.05, 0) is 12.8 Å². The Labute approximate surface area is 76.1 Å². The summed E-state index contributed by atoms with van der Waals surface area (Å²) in [5.74, 6) is -0.394. The summed E-state index contributed by atoms with van der Waals surface area (Å²) in [6.45, 7) is 0. The number of methoxy groups -OCH3 is 1. The zero-order valence-electron chi connectivity index (χ0n) is 6.22. The largest absolute Gasteiger partial charge is 0.468 e. The number of carbonyl (C=O) groups is 1. The zero-order valence-corrected chi connectivity index (χ0v) is 7.73. The van der Waals surface area contributed by atoms with Crippen LogP contribution in [0.15, 0.2) is 11.6 Å². The monoisotopic (exact) mass is 196 g/mol. The Morgan fingerprint density at radius 2 is 2.36 bits per heavy atom. The van der Waals surface area contributed by atoms with Gasteiger partial charge in [-0.15, -0.1) is 11.6 Å². The molecule has 2 nitrogen and oxygen atoms in total. The molecule has 4 heteroatoms. The number of hydrogen-bond donors (Lipinski definition) is 0. The molecule has 0 aromatic heterocycles. The molecule has 11 heavy (non-hydrogen) atoms. The summed E-state index contributed by atoms with van der Waals surface area (Å²) < 4.78 is 4.41. The van der Waals surface area contributed by atoms with Gasteiger partial charge in [-0.3, -0.25) is 4.79 Å². The lowest BCUT2D eigenvalue weighted by Gasteiger charge is -2.03. The van der Waals surface area contributed by atoms with Gasteiger partial charge in [0.2, 0.25) is 0 Å².